The molecule has 0 aromatic heterocycles. The minimum absolute atomic E-state index is 0.0378. The van der Waals surface area contributed by atoms with Crippen molar-refractivity contribution in [1.82, 2.24) is 5.32 Å². The molecule has 0 saturated heterocycles. The van der Waals surface area contributed by atoms with Crippen molar-refractivity contribution in [2.45, 2.75) is 19.4 Å². The van der Waals surface area contributed by atoms with E-state index < -0.39 is 12.0 Å². The smallest absolute Gasteiger partial charge is 0.337 e. The molecule has 19 heavy (non-hydrogen) atoms. The van der Waals surface area contributed by atoms with Crippen molar-refractivity contribution in [3.05, 3.63) is 27.3 Å². The molecule has 0 aliphatic carbocycles. The summed E-state index contributed by atoms with van der Waals surface area (Å²) in [5.74, 6) is 1.33. The number of benzene rings is 1. The highest BCUT2D eigenvalue weighted by atomic mass is 127. The SMILES string of the molecule is C#CC(CC)NC(=O)Nc1ccc(I)cc1C(=O)O. The first kappa shape index (κ1) is 15.3. The summed E-state index contributed by atoms with van der Waals surface area (Å²) in [6.07, 6.45) is 5.83. The van der Waals surface area contributed by atoms with Gasteiger partial charge in [-0.15, -0.1) is 6.42 Å². The number of urea groups is 1. The molecule has 0 radical (unpaired) electrons. The maximum absolute atomic E-state index is 11.7. The van der Waals surface area contributed by atoms with Crippen LogP contribution in [0.4, 0.5) is 10.5 Å². The van der Waals surface area contributed by atoms with Crippen LogP contribution in [0, 0.1) is 15.9 Å². The Balaban J connectivity index is 2.85. The summed E-state index contributed by atoms with van der Waals surface area (Å²) < 4.78 is 0.774. The molecule has 0 saturated carbocycles. The summed E-state index contributed by atoms with van der Waals surface area (Å²) in [5, 5.41) is 14.1. The third-order valence-corrected chi connectivity index (χ3v) is 3.05. The second-order valence-electron chi connectivity index (χ2n) is 3.72. The van der Waals surface area contributed by atoms with E-state index in [1.54, 1.807) is 12.1 Å². The number of carboxylic acid groups (broad SMARTS) is 1. The number of halogens is 1. The van der Waals surface area contributed by atoms with Crippen LogP contribution in [-0.2, 0) is 0 Å². The highest BCUT2D eigenvalue weighted by Gasteiger charge is 2.14. The van der Waals surface area contributed by atoms with Gasteiger partial charge in [-0.05, 0) is 47.2 Å². The Morgan fingerprint density at radius 2 is 2.21 bits per heavy atom. The quantitative estimate of drug-likeness (QED) is 0.562. The standard InChI is InChI=1S/C13H13IN2O3/c1-3-9(4-2)15-13(19)16-11-6-5-8(14)7-10(11)12(17)18/h1,5-7,9H,4H2,2H3,(H,17,18)(H2,15,16,19). The second kappa shape index (κ2) is 6.99. The van der Waals surface area contributed by atoms with E-state index in [-0.39, 0.29) is 17.3 Å². The average Bonchev–Trinajstić information content (AvgIpc) is 2.37. The molecule has 0 bridgehead atoms. The van der Waals surface area contributed by atoms with Gasteiger partial charge < -0.3 is 15.7 Å². The zero-order valence-electron chi connectivity index (χ0n) is 10.2. The fourth-order valence-corrected chi connectivity index (χ4v) is 1.87. The van der Waals surface area contributed by atoms with Crippen LogP contribution in [0.1, 0.15) is 23.7 Å². The highest BCUT2D eigenvalue weighted by Crippen LogP contribution is 2.18. The van der Waals surface area contributed by atoms with Crippen LogP contribution in [0.15, 0.2) is 18.2 Å². The molecule has 1 rings (SSSR count). The number of amides is 2. The highest BCUT2D eigenvalue weighted by molar-refractivity contribution is 14.1. The van der Waals surface area contributed by atoms with Gasteiger partial charge in [-0.2, -0.15) is 0 Å². The van der Waals surface area contributed by atoms with Gasteiger partial charge in [0.05, 0.1) is 17.3 Å². The summed E-state index contributed by atoms with van der Waals surface area (Å²) in [6, 6.07) is 3.84. The summed E-state index contributed by atoms with van der Waals surface area (Å²) in [5.41, 5.74) is 0.271. The Morgan fingerprint density at radius 3 is 2.74 bits per heavy atom. The lowest BCUT2D eigenvalue weighted by Gasteiger charge is -2.13. The monoisotopic (exact) mass is 372 g/mol. The Morgan fingerprint density at radius 1 is 1.53 bits per heavy atom. The molecular weight excluding hydrogens is 359 g/mol. The van der Waals surface area contributed by atoms with Crippen molar-refractivity contribution < 1.29 is 14.7 Å². The van der Waals surface area contributed by atoms with E-state index in [0.29, 0.717) is 6.42 Å². The number of aromatic carboxylic acids is 1. The number of hydrogen-bond acceptors (Lipinski definition) is 2. The van der Waals surface area contributed by atoms with Crippen LogP contribution in [0.5, 0.6) is 0 Å². The Bertz CT molecular complexity index is 537. The van der Waals surface area contributed by atoms with Gasteiger partial charge in [-0.1, -0.05) is 12.8 Å². The van der Waals surface area contributed by atoms with Gasteiger partial charge in [0.15, 0.2) is 0 Å². The van der Waals surface area contributed by atoms with Crippen molar-refractivity contribution >= 4 is 40.3 Å². The largest absolute Gasteiger partial charge is 0.478 e. The fourth-order valence-electron chi connectivity index (χ4n) is 1.38. The summed E-state index contributed by atoms with van der Waals surface area (Å²) >= 11 is 2.00. The van der Waals surface area contributed by atoms with E-state index in [9.17, 15) is 9.59 Å². The predicted molar refractivity (Wildman–Crippen MR) is 81.2 cm³/mol. The molecule has 5 nitrogen and oxygen atoms in total. The second-order valence-corrected chi connectivity index (χ2v) is 4.97. The molecule has 0 fully saturated rings. The van der Waals surface area contributed by atoms with Crippen LogP contribution < -0.4 is 10.6 Å². The number of rotatable bonds is 4. The Kier molecular flexibility index (Phi) is 5.63. The Labute approximate surface area is 124 Å². The first-order chi connectivity index (χ1) is 8.97. The fraction of sp³-hybridized carbons (Fsp3) is 0.231. The van der Waals surface area contributed by atoms with Crippen LogP contribution in [-0.4, -0.2) is 23.1 Å². The maximum atomic E-state index is 11.7. The molecule has 0 aliphatic heterocycles. The molecule has 0 spiro atoms. The van der Waals surface area contributed by atoms with Crippen LogP contribution in [0.25, 0.3) is 0 Å². The molecule has 6 heteroatoms. The third kappa shape index (κ3) is 4.44. The lowest BCUT2D eigenvalue weighted by atomic mass is 10.2. The summed E-state index contributed by atoms with van der Waals surface area (Å²) in [7, 11) is 0. The molecule has 100 valence electrons. The molecule has 3 N–H and O–H groups in total. The van der Waals surface area contributed by atoms with Gasteiger partial charge in [-0.3, -0.25) is 0 Å². The van der Waals surface area contributed by atoms with E-state index in [0.717, 1.165) is 3.57 Å². The molecule has 1 aromatic rings. The van der Waals surface area contributed by atoms with E-state index in [1.807, 2.05) is 29.5 Å². The van der Waals surface area contributed by atoms with E-state index in [1.165, 1.54) is 6.07 Å². The van der Waals surface area contributed by atoms with Gasteiger partial charge in [0.1, 0.15) is 0 Å². The molecule has 0 heterocycles. The van der Waals surface area contributed by atoms with Crippen molar-refractivity contribution in [3.8, 4) is 12.3 Å². The number of carbonyl (C=O) groups is 2. The third-order valence-electron chi connectivity index (χ3n) is 2.37. The minimum Gasteiger partial charge on any atom is -0.478 e. The number of anilines is 1. The van der Waals surface area contributed by atoms with Gasteiger partial charge in [0.2, 0.25) is 0 Å². The predicted octanol–water partition coefficient (Wildman–Crippen LogP) is 2.52. The number of nitrogens with one attached hydrogen (secondary N) is 2. The van der Waals surface area contributed by atoms with E-state index in [4.69, 9.17) is 11.5 Å². The van der Waals surface area contributed by atoms with Crippen molar-refractivity contribution in [2.75, 3.05) is 5.32 Å². The van der Waals surface area contributed by atoms with Crippen molar-refractivity contribution in [2.24, 2.45) is 0 Å². The average molecular weight is 372 g/mol. The zero-order chi connectivity index (χ0) is 14.4. The number of hydrogen-bond donors (Lipinski definition) is 3. The minimum atomic E-state index is -1.10. The molecule has 1 aromatic carbocycles. The molecule has 1 atom stereocenters. The van der Waals surface area contributed by atoms with Crippen LogP contribution >= 0.6 is 22.6 Å². The van der Waals surface area contributed by atoms with Crippen molar-refractivity contribution in [1.29, 1.82) is 0 Å². The van der Waals surface area contributed by atoms with Crippen molar-refractivity contribution in [3.63, 3.8) is 0 Å². The molecule has 2 amide bonds. The molecular formula is C13H13IN2O3. The normalized spacial score (nSPS) is 11.2. The molecule has 0 aliphatic rings. The summed E-state index contributed by atoms with van der Waals surface area (Å²) in [6.45, 7) is 1.85. The van der Waals surface area contributed by atoms with Crippen LogP contribution in [0.2, 0.25) is 0 Å². The van der Waals surface area contributed by atoms with E-state index >= 15 is 0 Å². The molecule has 1 unspecified atom stereocenters. The van der Waals surface area contributed by atoms with Gasteiger partial charge in [0, 0.05) is 3.57 Å². The summed E-state index contributed by atoms with van der Waals surface area (Å²) in [4.78, 5) is 22.8. The first-order valence-corrected chi connectivity index (χ1v) is 6.62. The number of carbonyl (C=O) groups excluding carboxylic acids is 1. The maximum Gasteiger partial charge on any atom is 0.337 e. The zero-order valence-corrected chi connectivity index (χ0v) is 12.4. The van der Waals surface area contributed by atoms with Gasteiger partial charge >= 0.3 is 12.0 Å². The van der Waals surface area contributed by atoms with Gasteiger partial charge in [0.25, 0.3) is 0 Å². The lowest BCUT2D eigenvalue weighted by Crippen LogP contribution is -2.36. The lowest BCUT2D eigenvalue weighted by molar-refractivity contribution is 0.0698. The van der Waals surface area contributed by atoms with Crippen LogP contribution in [0.3, 0.4) is 0 Å². The topological polar surface area (TPSA) is 78.4 Å². The first-order valence-electron chi connectivity index (χ1n) is 5.54. The number of terminal acetylenes is 1. The number of carboxylic acids is 1. The Hall–Kier alpha value is -1.75. The van der Waals surface area contributed by atoms with E-state index in [2.05, 4.69) is 16.6 Å². The van der Waals surface area contributed by atoms with Gasteiger partial charge in [-0.25, -0.2) is 9.59 Å².